The van der Waals surface area contributed by atoms with Crippen LogP contribution < -0.4 is 5.32 Å². The molecule has 2 nitrogen and oxygen atoms in total. The Morgan fingerprint density at radius 3 is 2.58 bits per heavy atom. The van der Waals surface area contributed by atoms with Gasteiger partial charge >= 0.3 is 0 Å². The fraction of sp³-hybridized carbons (Fsp3) is 0.529. The molecule has 1 aromatic carbocycles. The van der Waals surface area contributed by atoms with Crippen LogP contribution in [0.2, 0.25) is 0 Å². The molecule has 0 saturated heterocycles. The highest BCUT2D eigenvalue weighted by atomic mass is 16.3. The normalized spacial score (nSPS) is 12.5. The summed E-state index contributed by atoms with van der Waals surface area (Å²) in [5.41, 5.74) is 3.84. The molecule has 0 spiro atoms. The lowest BCUT2D eigenvalue weighted by Crippen LogP contribution is -2.37. The van der Waals surface area contributed by atoms with Gasteiger partial charge in [-0.2, -0.15) is 0 Å². The third-order valence-corrected chi connectivity index (χ3v) is 3.39. The van der Waals surface area contributed by atoms with E-state index >= 15 is 0 Å². The third-order valence-electron chi connectivity index (χ3n) is 3.39. The van der Waals surface area contributed by atoms with Gasteiger partial charge in [0.05, 0.1) is 6.26 Å². The van der Waals surface area contributed by atoms with Gasteiger partial charge in [-0.05, 0) is 62.9 Å². The lowest BCUT2D eigenvalue weighted by Gasteiger charge is -2.20. The number of hydrogen-bond donors (Lipinski definition) is 1. The Morgan fingerprint density at radius 1 is 1.21 bits per heavy atom. The van der Waals surface area contributed by atoms with Gasteiger partial charge < -0.3 is 9.73 Å². The van der Waals surface area contributed by atoms with Gasteiger partial charge in [-0.25, -0.2) is 0 Å². The summed E-state index contributed by atoms with van der Waals surface area (Å²) in [5.74, 6) is 0.555. The molecule has 0 fully saturated rings. The average molecular weight is 259 g/mol. The van der Waals surface area contributed by atoms with Crippen LogP contribution >= 0.6 is 0 Å². The summed E-state index contributed by atoms with van der Waals surface area (Å²) in [6.07, 6.45) is 2.91. The van der Waals surface area contributed by atoms with Crippen LogP contribution in [0.25, 0.3) is 11.0 Å². The molecule has 2 heteroatoms. The van der Waals surface area contributed by atoms with E-state index in [1.807, 2.05) is 6.26 Å². The van der Waals surface area contributed by atoms with E-state index in [2.05, 4.69) is 58.1 Å². The molecule has 104 valence electrons. The van der Waals surface area contributed by atoms with Crippen molar-refractivity contribution in [1.82, 2.24) is 5.32 Å². The predicted octanol–water partition coefficient (Wildman–Crippen LogP) is 4.49. The summed E-state index contributed by atoms with van der Waals surface area (Å²) < 4.78 is 5.64. The maximum atomic E-state index is 5.64. The molecular weight excluding hydrogens is 234 g/mol. The minimum atomic E-state index is 0.169. The largest absolute Gasteiger partial charge is 0.464 e. The number of nitrogens with one attached hydrogen (secondary N) is 1. The van der Waals surface area contributed by atoms with E-state index in [1.165, 1.54) is 16.5 Å². The zero-order chi connectivity index (χ0) is 14.0. The number of hydrogen-bond acceptors (Lipinski definition) is 2. The monoisotopic (exact) mass is 259 g/mol. The Bertz CT molecular complexity index is 546. The van der Waals surface area contributed by atoms with E-state index in [4.69, 9.17) is 4.42 Å². The summed E-state index contributed by atoms with van der Waals surface area (Å²) in [6, 6.07) is 6.52. The molecule has 1 heterocycles. The Hall–Kier alpha value is -1.28. The summed E-state index contributed by atoms with van der Waals surface area (Å²) in [4.78, 5) is 0. The van der Waals surface area contributed by atoms with Crippen LogP contribution in [-0.4, -0.2) is 12.1 Å². The number of fused-ring (bicyclic) bond motifs is 1. The quantitative estimate of drug-likeness (QED) is 0.875. The first-order valence-electron chi connectivity index (χ1n) is 7.12. The van der Waals surface area contributed by atoms with Crippen molar-refractivity contribution in [3.8, 4) is 0 Å². The first kappa shape index (κ1) is 14.1. The zero-order valence-corrected chi connectivity index (χ0v) is 12.7. The van der Waals surface area contributed by atoms with Gasteiger partial charge in [0.2, 0.25) is 0 Å². The molecule has 0 amide bonds. The second kappa shape index (κ2) is 5.38. The molecule has 0 unspecified atom stereocenters. The van der Waals surface area contributed by atoms with Gasteiger partial charge in [-0.1, -0.05) is 19.9 Å². The highest BCUT2D eigenvalue weighted by Gasteiger charge is 2.11. The molecule has 0 atom stereocenters. The molecule has 0 radical (unpaired) electrons. The molecule has 0 saturated carbocycles. The fourth-order valence-electron chi connectivity index (χ4n) is 2.22. The van der Waals surface area contributed by atoms with Crippen LogP contribution in [-0.2, 0) is 6.42 Å². The van der Waals surface area contributed by atoms with Gasteiger partial charge in [0.25, 0.3) is 0 Å². The van der Waals surface area contributed by atoms with Gasteiger partial charge in [0.15, 0.2) is 0 Å². The van der Waals surface area contributed by atoms with Crippen molar-refractivity contribution in [2.75, 3.05) is 6.54 Å². The van der Waals surface area contributed by atoms with E-state index in [0.29, 0.717) is 5.92 Å². The SMILES string of the molecule is CC(C)c1ccc2occ(CCNC(C)(C)C)c2c1. The lowest BCUT2D eigenvalue weighted by molar-refractivity contribution is 0.429. The van der Waals surface area contributed by atoms with Gasteiger partial charge in [-0.15, -0.1) is 0 Å². The van der Waals surface area contributed by atoms with Crippen LogP contribution in [0, 0.1) is 0 Å². The van der Waals surface area contributed by atoms with Crippen LogP contribution in [0.1, 0.15) is 51.7 Å². The zero-order valence-electron chi connectivity index (χ0n) is 12.7. The van der Waals surface area contributed by atoms with Crippen molar-refractivity contribution in [1.29, 1.82) is 0 Å². The molecule has 2 rings (SSSR count). The van der Waals surface area contributed by atoms with E-state index in [-0.39, 0.29) is 5.54 Å². The van der Waals surface area contributed by atoms with Crippen molar-refractivity contribution in [2.45, 2.75) is 52.5 Å². The fourth-order valence-corrected chi connectivity index (χ4v) is 2.22. The van der Waals surface area contributed by atoms with E-state index in [9.17, 15) is 0 Å². The predicted molar refractivity (Wildman–Crippen MR) is 81.8 cm³/mol. The second-order valence-corrected chi connectivity index (χ2v) is 6.60. The van der Waals surface area contributed by atoms with Gasteiger partial charge in [0.1, 0.15) is 5.58 Å². The standard InChI is InChI=1S/C17H25NO/c1-12(2)13-6-7-16-15(10-13)14(11-19-16)8-9-18-17(3,4)5/h6-7,10-12,18H,8-9H2,1-5H3. The van der Waals surface area contributed by atoms with Crippen molar-refractivity contribution >= 4 is 11.0 Å². The number of furan rings is 1. The van der Waals surface area contributed by atoms with Crippen molar-refractivity contribution < 1.29 is 4.42 Å². The number of benzene rings is 1. The Kier molecular flexibility index (Phi) is 4.00. The molecule has 0 aliphatic carbocycles. The third kappa shape index (κ3) is 3.60. The molecule has 1 N–H and O–H groups in total. The van der Waals surface area contributed by atoms with Gasteiger partial charge in [-0.3, -0.25) is 0 Å². The maximum Gasteiger partial charge on any atom is 0.134 e. The van der Waals surface area contributed by atoms with E-state index < -0.39 is 0 Å². The van der Waals surface area contributed by atoms with E-state index in [1.54, 1.807) is 0 Å². The highest BCUT2D eigenvalue weighted by molar-refractivity contribution is 5.81. The Balaban J connectivity index is 2.17. The Morgan fingerprint density at radius 2 is 1.95 bits per heavy atom. The molecule has 0 aliphatic heterocycles. The van der Waals surface area contributed by atoms with Crippen LogP contribution in [0.15, 0.2) is 28.9 Å². The first-order chi connectivity index (χ1) is 8.87. The van der Waals surface area contributed by atoms with Crippen LogP contribution in [0.5, 0.6) is 0 Å². The molecule has 0 bridgehead atoms. The topological polar surface area (TPSA) is 25.2 Å². The maximum absolute atomic E-state index is 5.64. The molecule has 0 aliphatic rings. The summed E-state index contributed by atoms with van der Waals surface area (Å²) in [6.45, 7) is 12.0. The summed E-state index contributed by atoms with van der Waals surface area (Å²) in [5, 5.41) is 4.79. The summed E-state index contributed by atoms with van der Waals surface area (Å²) in [7, 11) is 0. The Labute approximate surface area is 116 Å². The van der Waals surface area contributed by atoms with Gasteiger partial charge in [0, 0.05) is 10.9 Å². The molecule has 2 aromatic rings. The van der Waals surface area contributed by atoms with Crippen molar-refractivity contribution in [3.63, 3.8) is 0 Å². The van der Waals surface area contributed by atoms with Crippen LogP contribution in [0.3, 0.4) is 0 Å². The van der Waals surface area contributed by atoms with Crippen molar-refractivity contribution in [2.24, 2.45) is 0 Å². The van der Waals surface area contributed by atoms with E-state index in [0.717, 1.165) is 18.5 Å². The summed E-state index contributed by atoms with van der Waals surface area (Å²) >= 11 is 0. The second-order valence-electron chi connectivity index (χ2n) is 6.60. The first-order valence-corrected chi connectivity index (χ1v) is 7.12. The lowest BCUT2D eigenvalue weighted by atomic mass is 10.00. The number of rotatable bonds is 4. The molecule has 1 aromatic heterocycles. The molecular formula is C17H25NO. The minimum Gasteiger partial charge on any atom is -0.464 e. The average Bonchev–Trinajstić information content (AvgIpc) is 2.70. The van der Waals surface area contributed by atoms with Crippen molar-refractivity contribution in [3.05, 3.63) is 35.6 Å². The van der Waals surface area contributed by atoms with Crippen LogP contribution in [0.4, 0.5) is 0 Å². The minimum absolute atomic E-state index is 0.169. The smallest absolute Gasteiger partial charge is 0.134 e. The highest BCUT2D eigenvalue weighted by Crippen LogP contribution is 2.26. The molecule has 19 heavy (non-hydrogen) atoms.